The van der Waals surface area contributed by atoms with E-state index in [1.165, 1.54) is 5.56 Å². The molecule has 14 heavy (non-hydrogen) atoms. The molecule has 0 saturated heterocycles. The van der Waals surface area contributed by atoms with Crippen LogP contribution in [0.25, 0.3) is 0 Å². The highest BCUT2D eigenvalue weighted by Crippen LogP contribution is 2.27. The van der Waals surface area contributed by atoms with Crippen LogP contribution in [-0.2, 0) is 12.8 Å². The van der Waals surface area contributed by atoms with Gasteiger partial charge in [0.1, 0.15) is 5.75 Å². The van der Waals surface area contributed by atoms with Gasteiger partial charge < -0.3 is 10.8 Å². The van der Waals surface area contributed by atoms with Gasteiger partial charge in [0.15, 0.2) is 0 Å². The Balaban J connectivity index is 3.01. The highest BCUT2D eigenvalue weighted by Gasteiger charge is 2.05. The number of nitrogen functional groups attached to an aromatic ring is 1. The first kappa shape index (κ1) is 10.9. The second kappa shape index (κ2) is 4.89. The number of hydrogen-bond donors (Lipinski definition) is 2. The van der Waals surface area contributed by atoms with Gasteiger partial charge in [0, 0.05) is 0 Å². The summed E-state index contributed by atoms with van der Waals surface area (Å²) in [5.74, 6) is 0.236. The topological polar surface area (TPSA) is 46.2 Å². The highest BCUT2D eigenvalue weighted by molar-refractivity contribution is 5.59. The van der Waals surface area contributed by atoms with Gasteiger partial charge in [0.05, 0.1) is 5.69 Å². The normalized spacial score (nSPS) is 10.4. The van der Waals surface area contributed by atoms with Crippen molar-refractivity contribution in [1.82, 2.24) is 0 Å². The minimum Gasteiger partial charge on any atom is -0.506 e. The van der Waals surface area contributed by atoms with Crippen LogP contribution in [0.1, 0.15) is 37.8 Å². The first-order valence-electron chi connectivity index (χ1n) is 5.29. The van der Waals surface area contributed by atoms with Crippen molar-refractivity contribution in [2.45, 2.75) is 39.5 Å². The molecular formula is C12H19NO. The van der Waals surface area contributed by atoms with Crippen molar-refractivity contribution in [3.05, 3.63) is 23.3 Å². The molecule has 0 amide bonds. The Morgan fingerprint density at radius 1 is 1.14 bits per heavy atom. The summed E-state index contributed by atoms with van der Waals surface area (Å²) in [4.78, 5) is 0. The molecule has 78 valence electrons. The predicted molar refractivity (Wildman–Crippen MR) is 60.5 cm³/mol. The van der Waals surface area contributed by atoms with Crippen molar-refractivity contribution < 1.29 is 5.11 Å². The number of rotatable bonds is 4. The van der Waals surface area contributed by atoms with Crippen LogP contribution >= 0.6 is 0 Å². The van der Waals surface area contributed by atoms with Gasteiger partial charge in [0.25, 0.3) is 0 Å². The summed E-state index contributed by atoms with van der Waals surface area (Å²) in [7, 11) is 0. The van der Waals surface area contributed by atoms with E-state index in [0.29, 0.717) is 5.69 Å². The van der Waals surface area contributed by atoms with Gasteiger partial charge in [0.2, 0.25) is 0 Å². The SMILES string of the molecule is CCCc1cc(O)c(N)c(CCC)c1. The summed E-state index contributed by atoms with van der Waals surface area (Å²) in [5, 5.41) is 9.61. The number of phenols is 1. The average molecular weight is 193 g/mol. The fraction of sp³-hybridized carbons (Fsp3) is 0.500. The predicted octanol–water partition coefficient (Wildman–Crippen LogP) is 2.88. The van der Waals surface area contributed by atoms with E-state index in [1.807, 2.05) is 0 Å². The third-order valence-electron chi connectivity index (χ3n) is 2.36. The number of phenolic OH excluding ortho intramolecular Hbond substituents is 1. The number of hydrogen-bond acceptors (Lipinski definition) is 2. The molecule has 0 aliphatic heterocycles. The molecule has 0 saturated carbocycles. The van der Waals surface area contributed by atoms with Crippen LogP contribution in [-0.4, -0.2) is 5.11 Å². The lowest BCUT2D eigenvalue weighted by atomic mass is 10.0. The maximum atomic E-state index is 9.61. The molecule has 0 atom stereocenters. The van der Waals surface area contributed by atoms with Crippen molar-refractivity contribution in [1.29, 1.82) is 0 Å². The van der Waals surface area contributed by atoms with Crippen LogP contribution in [0.2, 0.25) is 0 Å². The Morgan fingerprint density at radius 3 is 2.36 bits per heavy atom. The third kappa shape index (κ3) is 2.41. The molecule has 0 spiro atoms. The molecule has 0 aromatic heterocycles. The smallest absolute Gasteiger partial charge is 0.139 e. The number of anilines is 1. The van der Waals surface area contributed by atoms with Gasteiger partial charge in [-0.15, -0.1) is 0 Å². The molecule has 2 heteroatoms. The lowest BCUT2D eigenvalue weighted by molar-refractivity contribution is 0.476. The van der Waals surface area contributed by atoms with Crippen LogP contribution in [0.15, 0.2) is 12.1 Å². The Hall–Kier alpha value is -1.18. The molecule has 0 aliphatic rings. The van der Waals surface area contributed by atoms with E-state index in [2.05, 4.69) is 19.9 Å². The van der Waals surface area contributed by atoms with Crippen molar-refractivity contribution in [2.24, 2.45) is 0 Å². The van der Waals surface area contributed by atoms with Crippen LogP contribution in [0.5, 0.6) is 5.75 Å². The number of aromatic hydroxyl groups is 1. The number of nitrogens with two attached hydrogens (primary N) is 1. The largest absolute Gasteiger partial charge is 0.506 e. The minimum absolute atomic E-state index is 0.236. The zero-order valence-corrected chi connectivity index (χ0v) is 9.01. The fourth-order valence-corrected chi connectivity index (χ4v) is 1.67. The van der Waals surface area contributed by atoms with Crippen LogP contribution in [0.4, 0.5) is 5.69 Å². The molecule has 0 radical (unpaired) electrons. The third-order valence-corrected chi connectivity index (χ3v) is 2.36. The molecule has 0 heterocycles. The lowest BCUT2D eigenvalue weighted by Gasteiger charge is -2.09. The van der Waals surface area contributed by atoms with Gasteiger partial charge in [-0.1, -0.05) is 32.8 Å². The van der Waals surface area contributed by atoms with Crippen molar-refractivity contribution >= 4 is 5.69 Å². The zero-order valence-electron chi connectivity index (χ0n) is 9.01. The summed E-state index contributed by atoms with van der Waals surface area (Å²) in [6.07, 6.45) is 4.09. The summed E-state index contributed by atoms with van der Waals surface area (Å²) >= 11 is 0. The van der Waals surface area contributed by atoms with Crippen LogP contribution < -0.4 is 5.73 Å². The summed E-state index contributed by atoms with van der Waals surface area (Å²) < 4.78 is 0. The Bertz CT molecular complexity index is 307. The van der Waals surface area contributed by atoms with Crippen molar-refractivity contribution in [2.75, 3.05) is 5.73 Å². The molecule has 1 rings (SSSR count). The molecular weight excluding hydrogens is 174 g/mol. The van der Waals surface area contributed by atoms with Gasteiger partial charge in [-0.05, 0) is 30.0 Å². The van der Waals surface area contributed by atoms with E-state index in [-0.39, 0.29) is 5.75 Å². The molecule has 2 nitrogen and oxygen atoms in total. The highest BCUT2D eigenvalue weighted by atomic mass is 16.3. The molecule has 0 aliphatic carbocycles. The second-order valence-electron chi connectivity index (χ2n) is 3.69. The molecule has 0 bridgehead atoms. The maximum Gasteiger partial charge on any atom is 0.139 e. The second-order valence-corrected chi connectivity index (χ2v) is 3.69. The van der Waals surface area contributed by atoms with Crippen LogP contribution in [0.3, 0.4) is 0 Å². The first-order chi connectivity index (χ1) is 6.69. The Morgan fingerprint density at radius 2 is 1.79 bits per heavy atom. The van der Waals surface area contributed by atoms with E-state index in [4.69, 9.17) is 5.73 Å². The zero-order chi connectivity index (χ0) is 10.6. The molecule has 3 N–H and O–H groups in total. The first-order valence-corrected chi connectivity index (χ1v) is 5.29. The quantitative estimate of drug-likeness (QED) is 0.570. The standard InChI is InChI=1S/C12H19NO/c1-3-5-9-7-10(6-4-2)12(13)11(14)8-9/h7-8,14H,3-6,13H2,1-2H3. The van der Waals surface area contributed by atoms with E-state index >= 15 is 0 Å². The van der Waals surface area contributed by atoms with Crippen molar-refractivity contribution in [3.8, 4) is 5.75 Å². The van der Waals surface area contributed by atoms with E-state index in [9.17, 15) is 5.11 Å². The summed E-state index contributed by atoms with van der Waals surface area (Å²) in [6.45, 7) is 4.25. The van der Waals surface area contributed by atoms with Gasteiger partial charge >= 0.3 is 0 Å². The van der Waals surface area contributed by atoms with Gasteiger partial charge in [-0.25, -0.2) is 0 Å². The lowest BCUT2D eigenvalue weighted by Crippen LogP contribution is -1.97. The minimum atomic E-state index is 0.236. The summed E-state index contributed by atoms with van der Waals surface area (Å²) in [6, 6.07) is 3.89. The average Bonchev–Trinajstić information content (AvgIpc) is 2.14. The fourth-order valence-electron chi connectivity index (χ4n) is 1.67. The number of aryl methyl sites for hydroxylation is 2. The summed E-state index contributed by atoms with van der Waals surface area (Å²) in [5.41, 5.74) is 8.59. The Kier molecular flexibility index (Phi) is 3.81. The molecule has 1 aromatic rings. The van der Waals surface area contributed by atoms with E-state index in [0.717, 1.165) is 31.2 Å². The molecule has 1 aromatic carbocycles. The maximum absolute atomic E-state index is 9.61. The van der Waals surface area contributed by atoms with Crippen LogP contribution in [0, 0.1) is 0 Å². The number of benzene rings is 1. The monoisotopic (exact) mass is 193 g/mol. The molecule has 0 fully saturated rings. The van der Waals surface area contributed by atoms with E-state index < -0.39 is 0 Å². The van der Waals surface area contributed by atoms with E-state index in [1.54, 1.807) is 6.07 Å². The van der Waals surface area contributed by atoms with Crippen molar-refractivity contribution in [3.63, 3.8) is 0 Å². The Labute approximate surface area is 85.8 Å². The van der Waals surface area contributed by atoms with Gasteiger partial charge in [-0.2, -0.15) is 0 Å². The van der Waals surface area contributed by atoms with Gasteiger partial charge in [-0.3, -0.25) is 0 Å². The molecule has 0 unspecified atom stereocenters.